The minimum absolute atomic E-state index is 0.0439. The molecule has 0 N–H and O–H groups in total. The Kier molecular flexibility index (Phi) is 48.6. The largest absolute Gasteiger partial charge is 0.544 e. The van der Waals surface area contributed by atoms with E-state index in [0.717, 1.165) is 44.9 Å². The maximum absolute atomic E-state index is 12.8. The number of hydrogen-bond donors (Lipinski definition) is 0. The van der Waals surface area contributed by atoms with Gasteiger partial charge in [-0.05, 0) is 44.9 Å². The number of carbonyl (C=O) groups excluding carboxylic acids is 3. The number of unbranched alkanes of at least 4 members (excludes halogenated alkanes) is 35. The third-order valence-electron chi connectivity index (χ3n) is 13.3. The summed E-state index contributed by atoms with van der Waals surface area (Å²) >= 11 is 0. The monoisotopic (exact) mass is 946 g/mol. The van der Waals surface area contributed by atoms with Gasteiger partial charge in [-0.1, -0.05) is 244 Å². The number of quaternary nitrogens is 1. The molecular weight excluding hydrogens is 835 g/mol. The SMILES string of the molecule is CCCCC/C=C\C/C=C\CCCCCCCCCCCC(=O)OC(COCCC(C(=O)[O-])[N+](C)(C)C)COC(=O)CCCCCCCCCCCCCCCCCCCCCCCCCC. The molecule has 0 saturated carbocycles. The molecule has 0 aromatic heterocycles. The van der Waals surface area contributed by atoms with Gasteiger partial charge in [-0.15, -0.1) is 0 Å². The van der Waals surface area contributed by atoms with E-state index in [0.29, 0.717) is 12.8 Å². The molecule has 67 heavy (non-hydrogen) atoms. The van der Waals surface area contributed by atoms with E-state index in [2.05, 4.69) is 38.2 Å². The second-order valence-corrected chi connectivity index (χ2v) is 20.9. The van der Waals surface area contributed by atoms with Crippen LogP contribution in [0, 0.1) is 0 Å². The van der Waals surface area contributed by atoms with Crippen LogP contribution in [0.1, 0.15) is 284 Å². The second-order valence-electron chi connectivity index (χ2n) is 20.9. The van der Waals surface area contributed by atoms with Crippen LogP contribution in [-0.4, -0.2) is 75.5 Å². The van der Waals surface area contributed by atoms with Gasteiger partial charge >= 0.3 is 11.9 Å². The smallest absolute Gasteiger partial charge is 0.306 e. The van der Waals surface area contributed by atoms with Gasteiger partial charge in [0.2, 0.25) is 0 Å². The number of nitrogens with zero attached hydrogens (tertiary/aromatic N) is 1. The number of allylic oxidation sites excluding steroid dienone is 4. The molecule has 0 aromatic carbocycles. The summed E-state index contributed by atoms with van der Waals surface area (Å²) in [6, 6.07) is -0.725. The van der Waals surface area contributed by atoms with Crippen molar-refractivity contribution in [3.8, 4) is 0 Å². The maximum Gasteiger partial charge on any atom is 0.306 e. The number of likely N-dealkylation sites (N-methyl/N-ethyl adjacent to an activating group) is 1. The van der Waals surface area contributed by atoms with Crippen LogP contribution < -0.4 is 5.11 Å². The first-order chi connectivity index (χ1) is 32.6. The summed E-state index contributed by atoms with van der Waals surface area (Å²) in [6.45, 7) is 4.69. The fraction of sp³-hybridized carbons (Fsp3) is 0.881. The molecule has 0 rings (SSSR count). The van der Waals surface area contributed by atoms with E-state index >= 15 is 0 Å². The van der Waals surface area contributed by atoms with Gasteiger partial charge in [0.25, 0.3) is 0 Å². The molecule has 0 fully saturated rings. The van der Waals surface area contributed by atoms with Crippen molar-refractivity contribution in [1.82, 2.24) is 0 Å². The van der Waals surface area contributed by atoms with Gasteiger partial charge < -0.3 is 28.6 Å². The summed E-state index contributed by atoms with van der Waals surface area (Å²) < 4.78 is 17.3. The Hall–Kier alpha value is -2.19. The van der Waals surface area contributed by atoms with Crippen molar-refractivity contribution in [3.63, 3.8) is 0 Å². The molecule has 0 radical (unpaired) electrons. The minimum atomic E-state index is -1.12. The highest BCUT2D eigenvalue weighted by Crippen LogP contribution is 2.17. The average molecular weight is 947 g/mol. The van der Waals surface area contributed by atoms with Crippen LogP contribution in [0.15, 0.2) is 24.3 Å². The molecule has 0 aliphatic rings. The van der Waals surface area contributed by atoms with Crippen molar-refractivity contribution in [2.45, 2.75) is 296 Å². The molecule has 0 aliphatic carbocycles. The van der Waals surface area contributed by atoms with Crippen LogP contribution in [0.4, 0.5) is 0 Å². The summed E-state index contributed by atoms with van der Waals surface area (Å²) in [5.41, 5.74) is 0. The van der Waals surface area contributed by atoms with Gasteiger partial charge in [0.1, 0.15) is 12.6 Å². The van der Waals surface area contributed by atoms with Crippen LogP contribution in [-0.2, 0) is 28.6 Å². The molecule has 0 aromatic rings. The number of rotatable bonds is 53. The van der Waals surface area contributed by atoms with Crippen LogP contribution in [0.3, 0.4) is 0 Å². The number of hydrogen-bond acceptors (Lipinski definition) is 7. The summed E-state index contributed by atoms with van der Waals surface area (Å²) in [4.78, 5) is 37.1. The van der Waals surface area contributed by atoms with E-state index in [1.807, 2.05) is 21.1 Å². The first-order valence-electron chi connectivity index (χ1n) is 28.9. The van der Waals surface area contributed by atoms with Crippen LogP contribution in [0.5, 0.6) is 0 Å². The lowest BCUT2D eigenvalue weighted by molar-refractivity contribution is -0.889. The Bertz CT molecular complexity index is 1150. The standard InChI is InChI=1S/C59H111NO7/c1-6-8-10-12-14-16-18-20-22-24-26-27-28-29-30-32-33-35-37-39-41-43-45-47-49-57(61)66-54-55(53-65-52-51-56(59(63)64)60(3,4)5)67-58(62)50-48-46-44-42-40-38-36-34-31-25-23-21-19-17-15-13-11-9-7-2/h15,17,21,23,55-56H,6-14,16,18-20,22,24-54H2,1-5H3/b17-15-,23-21-. The van der Waals surface area contributed by atoms with Gasteiger partial charge in [0.15, 0.2) is 6.10 Å². The Labute approximate surface area is 415 Å². The molecule has 2 atom stereocenters. The lowest BCUT2D eigenvalue weighted by Crippen LogP contribution is -2.55. The summed E-state index contributed by atoms with van der Waals surface area (Å²) in [7, 11) is 5.43. The second kappa shape index (κ2) is 50.2. The third-order valence-corrected chi connectivity index (χ3v) is 13.3. The minimum Gasteiger partial charge on any atom is -0.544 e. The zero-order chi connectivity index (χ0) is 49.2. The summed E-state index contributed by atoms with van der Waals surface area (Å²) in [5, 5.41) is 11.7. The summed E-state index contributed by atoms with van der Waals surface area (Å²) in [6.07, 6.45) is 59.3. The molecule has 0 spiro atoms. The fourth-order valence-electron chi connectivity index (χ4n) is 8.87. The highest BCUT2D eigenvalue weighted by molar-refractivity contribution is 5.70. The number of esters is 2. The lowest BCUT2D eigenvalue weighted by Gasteiger charge is -2.34. The Morgan fingerprint density at radius 1 is 0.448 bits per heavy atom. The summed E-state index contributed by atoms with van der Waals surface area (Å²) in [5.74, 6) is -1.72. The molecule has 0 aliphatic heterocycles. The molecule has 0 saturated heterocycles. The predicted molar refractivity (Wildman–Crippen MR) is 282 cm³/mol. The zero-order valence-corrected chi connectivity index (χ0v) is 45.1. The van der Waals surface area contributed by atoms with Crippen molar-refractivity contribution in [2.75, 3.05) is 41.0 Å². The van der Waals surface area contributed by atoms with Crippen LogP contribution in [0.25, 0.3) is 0 Å². The molecule has 0 amide bonds. The fourth-order valence-corrected chi connectivity index (χ4v) is 8.87. The number of aliphatic carboxylic acids is 1. The van der Waals surface area contributed by atoms with Gasteiger partial charge in [-0.25, -0.2) is 0 Å². The number of ether oxygens (including phenoxy) is 3. The molecule has 8 nitrogen and oxygen atoms in total. The van der Waals surface area contributed by atoms with E-state index < -0.39 is 18.1 Å². The van der Waals surface area contributed by atoms with Gasteiger partial charge in [0.05, 0.1) is 40.3 Å². The van der Waals surface area contributed by atoms with Crippen LogP contribution in [0.2, 0.25) is 0 Å². The number of carbonyl (C=O) groups is 3. The van der Waals surface area contributed by atoms with Gasteiger partial charge in [0, 0.05) is 19.3 Å². The van der Waals surface area contributed by atoms with E-state index in [-0.39, 0.29) is 42.7 Å². The van der Waals surface area contributed by atoms with Gasteiger partial charge in [-0.2, -0.15) is 0 Å². The Morgan fingerprint density at radius 2 is 0.791 bits per heavy atom. The predicted octanol–water partition coefficient (Wildman–Crippen LogP) is 15.8. The van der Waals surface area contributed by atoms with Crippen molar-refractivity contribution >= 4 is 17.9 Å². The highest BCUT2D eigenvalue weighted by atomic mass is 16.6. The Morgan fingerprint density at radius 3 is 1.18 bits per heavy atom. The van der Waals surface area contributed by atoms with E-state index in [1.54, 1.807) is 0 Å². The van der Waals surface area contributed by atoms with Crippen LogP contribution >= 0.6 is 0 Å². The average Bonchev–Trinajstić information content (AvgIpc) is 3.29. The van der Waals surface area contributed by atoms with Crippen molar-refractivity contribution < 1.29 is 38.2 Å². The first kappa shape index (κ1) is 64.8. The molecule has 394 valence electrons. The first-order valence-corrected chi connectivity index (χ1v) is 28.9. The van der Waals surface area contributed by atoms with Crippen molar-refractivity contribution in [3.05, 3.63) is 24.3 Å². The van der Waals surface area contributed by atoms with Gasteiger partial charge in [-0.3, -0.25) is 9.59 Å². The quantitative estimate of drug-likeness (QED) is 0.0259. The Balaban J connectivity index is 4.12. The zero-order valence-electron chi connectivity index (χ0n) is 45.1. The topological polar surface area (TPSA) is 102 Å². The molecule has 0 bridgehead atoms. The van der Waals surface area contributed by atoms with Crippen molar-refractivity contribution in [2.24, 2.45) is 0 Å². The maximum atomic E-state index is 12.8. The lowest BCUT2D eigenvalue weighted by atomic mass is 10.0. The van der Waals surface area contributed by atoms with E-state index in [9.17, 15) is 19.5 Å². The molecule has 2 unspecified atom stereocenters. The number of carboxylic acid groups (broad SMARTS) is 1. The molecular formula is C59H111NO7. The van der Waals surface area contributed by atoms with E-state index in [4.69, 9.17) is 14.2 Å². The van der Waals surface area contributed by atoms with E-state index in [1.165, 1.54) is 205 Å². The highest BCUT2D eigenvalue weighted by Gasteiger charge is 2.25. The normalized spacial score (nSPS) is 12.9. The third kappa shape index (κ3) is 48.6. The molecule has 8 heteroatoms. The van der Waals surface area contributed by atoms with Crippen molar-refractivity contribution in [1.29, 1.82) is 0 Å². The molecule has 0 heterocycles. The number of carboxylic acids is 1.